The molecule has 0 saturated carbocycles. The minimum atomic E-state index is -0.436. The van der Waals surface area contributed by atoms with E-state index < -0.39 is 5.91 Å². The van der Waals surface area contributed by atoms with E-state index in [9.17, 15) is 9.90 Å². The first kappa shape index (κ1) is 15.6. The average molecular weight is 328 g/mol. The van der Waals surface area contributed by atoms with E-state index in [1.165, 1.54) is 6.20 Å². The van der Waals surface area contributed by atoms with Gasteiger partial charge in [-0.2, -0.15) is 0 Å². The summed E-state index contributed by atoms with van der Waals surface area (Å²) >= 11 is 0. The number of carbonyl (C=O) groups is 1. The number of aliphatic hydroxyl groups excluding tert-OH is 1. The van der Waals surface area contributed by atoms with Crippen LogP contribution >= 0.6 is 0 Å². The molecular formula is C18H24N4O2. The van der Waals surface area contributed by atoms with E-state index in [1.54, 1.807) is 18.2 Å². The van der Waals surface area contributed by atoms with Crippen molar-refractivity contribution in [2.24, 2.45) is 0 Å². The summed E-state index contributed by atoms with van der Waals surface area (Å²) in [5.41, 5.74) is 8.39. The van der Waals surface area contributed by atoms with Gasteiger partial charge in [0, 0.05) is 17.0 Å². The van der Waals surface area contributed by atoms with Crippen LogP contribution in [-0.2, 0) is 6.61 Å². The largest absolute Gasteiger partial charge is 0.392 e. The molecule has 3 aromatic rings. The molecule has 3 rings (SSSR count). The van der Waals surface area contributed by atoms with E-state index in [4.69, 9.17) is 5.73 Å². The first-order valence-corrected chi connectivity index (χ1v) is 7.37. The second-order valence-corrected chi connectivity index (χ2v) is 5.12. The van der Waals surface area contributed by atoms with Crippen molar-refractivity contribution in [3.8, 4) is 11.3 Å². The summed E-state index contributed by atoms with van der Waals surface area (Å²) in [6, 6.07) is 16.3. The molecule has 1 heterocycles. The SMILES string of the molecule is Nc1ncc(-c2ccccc2CO)nc1C(=O)Nc1ccccc1.[HH].[HH].[HH].[HH]. The molecule has 4 N–H and O–H groups in total. The van der Waals surface area contributed by atoms with Crippen molar-refractivity contribution in [2.45, 2.75) is 6.61 Å². The fourth-order valence-corrected chi connectivity index (χ4v) is 2.32. The smallest absolute Gasteiger partial charge is 0.278 e. The summed E-state index contributed by atoms with van der Waals surface area (Å²) in [7, 11) is 0. The van der Waals surface area contributed by atoms with Crippen molar-refractivity contribution in [3.63, 3.8) is 0 Å². The third-order valence-electron chi connectivity index (χ3n) is 3.51. The van der Waals surface area contributed by atoms with Crippen LogP contribution < -0.4 is 11.1 Å². The lowest BCUT2D eigenvalue weighted by molar-refractivity contribution is 0.102. The lowest BCUT2D eigenvalue weighted by Gasteiger charge is -2.10. The highest BCUT2D eigenvalue weighted by molar-refractivity contribution is 6.05. The topological polar surface area (TPSA) is 101 Å². The van der Waals surface area contributed by atoms with Gasteiger partial charge in [-0.15, -0.1) is 0 Å². The van der Waals surface area contributed by atoms with Crippen LogP contribution in [0.25, 0.3) is 11.3 Å². The molecule has 6 heteroatoms. The number of para-hydroxylation sites is 1. The Kier molecular flexibility index (Phi) is 4.49. The number of nitrogens with zero attached hydrogens (tertiary/aromatic N) is 2. The highest BCUT2D eigenvalue weighted by Gasteiger charge is 2.16. The van der Waals surface area contributed by atoms with Gasteiger partial charge in [-0.25, -0.2) is 9.97 Å². The molecule has 0 spiro atoms. The van der Waals surface area contributed by atoms with Crippen molar-refractivity contribution in [1.29, 1.82) is 0 Å². The molecule has 0 bridgehead atoms. The number of carbonyl (C=O) groups excluding carboxylic acids is 1. The number of aliphatic hydroxyl groups is 1. The third kappa shape index (κ3) is 3.23. The van der Waals surface area contributed by atoms with Crippen molar-refractivity contribution in [2.75, 3.05) is 11.1 Å². The van der Waals surface area contributed by atoms with E-state index in [-0.39, 0.29) is 23.8 Å². The zero-order valence-electron chi connectivity index (χ0n) is 12.8. The van der Waals surface area contributed by atoms with E-state index in [1.807, 2.05) is 36.4 Å². The summed E-state index contributed by atoms with van der Waals surface area (Å²) in [6.07, 6.45) is 1.49. The first-order chi connectivity index (χ1) is 11.7. The summed E-state index contributed by atoms with van der Waals surface area (Å²) in [5, 5.41) is 12.2. The first-order valence-electron chi connectivity index (χ1n) is 7.37. The van der Waals surface area contributed by atoms with E-state index in [0.29, 0.717) is 22.5 Å². The van der Waals surface area contributed by atoms with Crippen LogP contribution in [0.1, 0.15) is 21.8 Å². The number of hydrogen-bond donors (Lipinski definition) is 3. The van der Waals surface area contributed by atoms with Gasteiger partial charge in [-0.05, 0) is 17.7 Å². The molecule has 0 fully saturated rings. The molecule has 0 atom stereocenters. The summed E-state index contributed by atoms with van der Waals surface area (Å²) < 4.78 is 0. The van der Waals surface area contributed by atoms with E-state index >= 15 is 0 Å². The van der Waals surface area contributed by atoms with Crippen molar-refractivity contribution < 1.29 is 15.6 Å². The lowest BCUT2D eigenvalue weighted by atomic mass is 10.1. The number of amides is 1. The molecule has 0 aliphatic carbocycles. The van der Waals surface area contributed by atoms with Crippen LogP contribution in [0.15, 0.2) is 60.8 Å². The van der Waals surface area contributed by atoms with E-state index in [2.05, 4.69) is 15.3 Å². The Morgan fingerprint density at radius 3 is 2.58 bits per heavy atom. The summed E-state index contributed by atoms with van der Waals surface area (Å²) in [5.74, 6) is -0.386. The molecule has 0 unspecified atom stereocenters. The zero-order valence-corrected chi connectivity index (χ0v) is 12.8. The number of aromatic nitrogens is 2. The monoisotopic (exact) mass is 328 g/mol. The van der Waals surface area contributed by atoms with Gasteiger partial charge in [-0.1, -0.05) is 42.5 Å². The number of nitrogens with two attached hydrogens (primary N) is 1. The number of nitrogen functional groups attached to an aromatic ring is 1. The Morgan fingerprint density at radius 2 is 1.83 bits per heavy atom. The lowest BCUT2D eigenvalue weighted by Crippen LogP contribution is -2.17. The van der Waals surface area contributed by atoms with Crippen LogP contribution in [0.3, 0.4) is 0 Å². The Balaban J connectivity index is 0. The van der Waals surface area contributed by atoms with Gasteiger partial charge in [-0.3, -0.25) is 4.79 Å². The van der Waals surface area contributed by atoms with Crippen LogP contribution in [-0.4, -0.2) is 21.0 Å². The van der Waals surface area contributed by atoms with E-state index in [0.717, 1.165) is 0 Å². The fraction of sp³-hybridized carbons (Fsp3) is 0.0556. The highest BCUT2D eigenvalue weighted by atomic mass is 16.3. The second-order valence-electron chi connectivity index (χ2n) is 5.12. The summed E-state index contributed by atoms with van der Waals surface area (Å²) in [6.45, 7) is -0.131. The molecule has 1 amide bonds. The minimum absolute atomic E-state index is 0. The summed E-state index contributed by atoms with van der Waals surface area (Å²) in [4.78, 5) is 20.8. The van der Waals surface area contributed by atoms with Gasteiger partial charge < -0.3 is 16.2 Å². The highest BCUT2D eigenvalue weighted by Crippen LogP contribution is 2.23. The maximum Gasteiger partial charge on any atom is 0.278 e. The molecule has 0 aliphatic rings. The van der Waals surface area contributed by atoms with Crippen LogP contribution in [0.4, 0.5) is 11.5 Å². The molecule has 6 nitrogen and oxygen atoms in total. The number of anilines is 2. The van der Waals surface area contributed by atoms with Crippen LogP contribution in [0, 0.1) is 0 Å². The van der Waals surface area contributed by atoms with Gasteiger partial charge in [0.05, 0.1) is 18.5 Å². The van der Waals surface area contributed by atoms with Crippen molar-refractivity contribution in [1.82, 2.24) is 9.97 Å². The molecular weight excluding hydrogens is 304 g/mol. The molecule has 0 aliphatic heterocycles. The number of nitrogens with one attached hydrogen (secondary N) is 1. The molecule has 0 saturated heterocycles. The average Bonchev–Trinajstić information content (AvgIpc) is 2.63. The standard InChI is InChI=1S/C18H16N4O2.4H2/c19-17-16(18(24)21-13-7-2-1-3-8-13)22-15(10-20-17)14-9-5-4-6-12(14)11-23;;;;/h1-10,23H,11H2,(H2,19,20)(H,21,24);4*1H. The Morgan fingerprint density at radius 1 is 1.12 bits per heavy atom. The van der Waals surface area contributed by atoms with Gasteiger partial charge in [0.2, 0.25) is 0 Å². The van der Waals surface area contributed by atoms with Gasteiger partial charge in [0.25, 0.3) is 5.91 Å². The fourth-order valence-electron chi connectivity index (χ4n) is 2.32. The maximum absolute atomic E-state index is 12.4. The predicted octanol–water partition coefficient (Wildman–Crippen LogP) is 3.45. The number of benzene rings is 2. The molecule has 0 radical (unpaired) electrons. The molecule has 2 aromatic carbocycles. The second kappa shape index (κ2) is 6.89. The van der Waals surface area contributed by atoms with Crippen molar-refractivity contribution >= 4 is 17.4 Å². The maximum atomic E-state index is 12.4. The van der Waals surface area contributed by atoms with Crippen molar-refractivity contribution in [3.05, 3.63) is 72.1 Å². The van der Waals surface area contributed by atoms with Gasteiger partial charge >= 0.3 is 0 Å². The number of rotatable bonds is 4. The Labute approximate surface area is 144 Å². The third-order valence-corrected chi connectivity index (χ3v) is 3.51. The van der Waals surface area contributed by atoms with Gasteiger partial charge in [0.1, 0.15) is 0 Å². The van der Waals surface area contributed by atoms with Crippen LogP contribution in [0.5, 0.6) is 0 Å². The predicted molar refractivity (Wildman–Crippen MR) is 101 cm³/mol. The molecule has 24 heavy (non-hydrogen) atoms. The van der Waals surface area contributed by atoms with Gasteiger partial charge in [0.15, 0.2) is 11.5 Å². The Bertz CT molecular complexity index is 882. The molecule has 1 aromatic heterocycles. The zero-order chi connectivity index (χ0) is 16.9. The quantitative estimate of drug-likeness (QED) is 0.681. The minimum Gasteiger partial charge on any atom is -0.392 e. The molecule has 128 valence electrons. The number of hydrogen-bond acceptors (Lipinski definition) is 5. The normalized spacial score (nSPS) is 10.4. The van der Waals surface area contributed by atoms with Crippen LogP contribution in [0.2, 0.25) is 0 Å². The Hall–Kier alpha value is -3.25.